The van der Waals surface area contributed by atoms with Crippen LogP contribution in [-0.4, -0.2) is 28.5 Å². The van der Waals surface area contributed by atoms with E-state index in [2.05, 4.69) is 15.5 Å². The highest BCUT2D eigenvalue weighted by Gasteiger charge is 2.22. The molecule has 108 valence electrons. The second-order valence-corrected chi connectivity index (χ2v) is 4.50. The lowest BCUT2D eigenvalue weighted by Crippen LogP contribution is -2.32. The SMILES string of the molecule is COCCn1ncc(Cl)c1C(NN)c1ccc(F)cn1. The quantitative estimate of drug-likeness (QED) is 0.620. The van der Waals surface area contributed by atoms with Crippen LogP contribution in [0.1, 0.15) is 17.4 Å². The van der Waals surface area contributed by atoms with Crippen LogP contribution in [0.3, 0.4) is 0 Å². The minimum absolute atomic E-state index is 0.413. The van der Waals surface area contributed by atoms with E-state index in [0.717, 1.165) is 6.20 Å². The number of nitrogens with two attached hydrogens (primary N) is 1. The van der Waals surface area contributed by atoms with Gasteiger partial charge in [-0.05, 0) is 12.1 Å². The van der Waals surface area contributed by atoms with Crippen LogP contribution < -0.4 is 11.3 Å². The molecular formula is C12H15ClFN5O. The lowest BCUT2D eigenvalue weighted by Gasteiger charge is -2.18. The molecular weight excluding hydrogens is 285 g/mol. The predicted molar refractivity (Wildman–Crippen MR) is 72.5 cm³/mol. The summed E-state index contributed by atoms with van der Waals surface area (Å²) in [6.45, 7) is 1.01. The van der Waals surface area contributed by atoms with E-state index in [-0.39, 0.29) is 0 Å². The van der Waals surface area contributed by atoms with Crippen LogP contribution in [0, 0.1) is 5.82 Å². The first kappa shape index (κ1) is 14.9. The lowest BCUT2D eigenvalue weighted by atomic mass is 10.1. The molecule has 0 radical (unpaired) electrons. The second kappa shape index (κ2) is 6.76. The zero-order valence-corrected chi connectivity index (χ0v) is 11.6. The van der Waals surface area contributed by atoms with E-state index in [1.54, 1.807) is 17.9 Å². The monoisotopic (exact) mass is 299 g/mol. The van der Waals surface area contributed by atoms with Gasteiger partial charge in [0.2, 0.25) is 0 Å². The molecule has 1 atom stereocenters. The van der Waals surface area contributed by atoms with E-state index in [9.17, 15) is 4.39 Å². The van der Waals surface area contributed by atoms with Gasteiger partial charge in [-0.3, -0.25) is 15.5 Å². The van der Waals surface area contributed by atoms with Crippen molar-refractivity contribution in [3.63, 3.8) is 0 Å². The third-order valence-electron chi connectivity index (χ3n) is 2.83. The number of nitrogens with zero attached hydrogens (tertiary/aromatic N) is 3. The maximum Gasteiger partial charge on any atom is 0.141 e. The van der Waals surface area contributed by atoms with Gasteiger partial charge in [0.25, 0.3) is 0 Å². The van der Waals surface area contributed by atoms with Gasteiger partial charge in [0.05, 0.1) is 42.0 Å². The molecule has 0 aromatic carbocycles. The van der Waals surface area contributed by atoms with Crippen molar-refractivity contribution in [3.8, 4) is 0 Å². The highest BCUT2D eigenvalue weighted by atomic mass is 35.5. The predicted octanol–water partition coefficient (Wildman–Crippen LogP) is 1.27. The molecule has 2 heterocycles. The Bertz CT molecular complexity index is 559. The number of methoxy groups -OCH3 is 1. The van der Waals surface area contributed by atoms with Crippen LogP contribution in [0.5, 0.6) is 0 Å². The van der Waals surface area contributed by atoms with Crippen LogP contribution in [0.4, 0.5) is 4.39 Å². The van der Waals surface area contributed by atoms with Gasteiger partial charge in [-0.25, -0.2) is 9.82 Å². The standard InChI is InChI=1S/C12H15ClFN5O/c1-20-5-4-19-12(9(13)7-17-19)11(18-15)10-3-2-8(14)6-16-10/h2-3,6-7,11,18H,4-5,15H2,1H3. The Morgan fingerprint density at radius 3 is 2.90 bits per heavy atom. The van der Waals surface area contributed by atoms with Crippen LogP contribution in [0.2, 0.25) is 5.02 Å². The molecule has 3 N–H and O–H groups in total. The Hall–Kier alpha value is -1.54. The van der Waals surface area contributed by atoms with Crippen molar-refractivity contribution < 1.29 is 9.13 Å². The lowest BCUT2D eigenvalue weighted by molar-refractivity contribution is 0.182. The molecule has 0 aliphatic carbocycles. The molecule has 0 fully saturated rings. The number of hydrazine groups is 1. The first-order valence-corrected chi connectivity index (χ1v) is 6.33. The van der Waals surface area contributed by atoms with Crippen LogP contribution >= 0.6 is 11.6 Å². The minimum Gasteiger partial charge on any atom is -0.383 e. The first-order chi connectivity index (χ1) is 9.67. The maximum atomic E-state index is 12.9. The summed E-state index contributed by atoms with van der Waals surface area (Å²) in [4.78, 5) is 4.02. The summed E-state index contributed by atoms with van der Waals surface area (Å²) in [6.07, 6.45) is 2.66. The van der Waals surface area contributed by atoms with Gasteiger partial charge >= 0.3 is 0 Å². The van der Waals surface area contributed by atoms with Gasteiger partial charge in [-0.15, -0.1) is 0 Å². The summed E-state index contributed by atoms with van der Waals surface area (Å²) in [5.74, 6) is 5.17. The topological polar surface area (TPSA) is 78.0 Å². The van der Waals surface area contributed by atoms with Crippen LogP contribution in [-0.2, 0) is 11.3 Å². The van der Waals surface area contributed by atoms with E-state index < -0.39 is 11.9 Å². The Morgan fingerprint density at radius 1 is 1.50 bits per heavy atom. The summed E-state index contributed by atoms with van der Waals surface area (Å²) in [6, 6.07) is 2.38. The van der Waals surface area contributed by atoms with Crippen molar-refractivity contribution in [1.82, 2.24) is 20.2 Å². The van der Waals surface area contributed by atoms with Gasteiger partial charge in [-0.2, -0.15) is 5.10 Å². The molecule has 0 amide bonds. The molecule has 8 heteroatoms. The van der Waals surface area contributed by atoms with E-state index >= 15 is 0 Å². The molecule has 1 unspecified atom stereocenters. The number of halogens is 2. The number of pyridine rings is 1. The smallest absolute Gasteiger partial charge is 0.141 e. The summed E-state index contributed by atoms with van der Waals surface area (Å²) < 4.78 is 19.7. The van der Waals surface area contributed by atoms with E-state index in [4.69, 9.17) is 22.2 Å². The zero-order chi connectivity index (χ0) is 14.5. The fourth-order valence-corrected chi connectivity index (χ4v) is 2.13. The molecule has 0 spiro atoms. The van der Waals surface area contributed by atoms with Crippen LogP contribution in [0.15, 0.2) is 24.5 Å². The Kier molecular flexibility index (Phi) is 5.02. The Morgan fingerprint density at radius 2 is 2.30 bits per heavy atom. The van der Waals surface area contributed by atoms with Gasteiger partial charge in [0.15, 0.2) is 0 Å². The van der Waals surface area contributed by atoms with Crippen molar-refractivity contribution >= 4 is 11.6 Å². The van der Waals surface area contributed by atoms with Crippen molar-refractivity contribution in [3.05, 3.63) is 46.8 Å². The summed E-state index contributed by atoms with van der Waals surface area (Å²) in [7, 11) is 1.60. The molecule has 20 heavy (non-hydrogen) atoms. The van der Waals surface area contributed by atoms with Crippen molar-refractivity contribution in [1.29, 1.82) is 0 Å². The molecule has 2 rings (SSSR count). The van der Waals surface area contributed by atoms with Gasteiger partial charge in [-0.1, -0.05) is 11.6 Å². The molecule has 0 bridgehead atoms. The number of ether oxygens (including phenoxy) is 1. The number of rotatable bonds is 6. The fourth-order valence-electron chi connectivity index (χ4n) is 1.88. The van der Waals surface area contributed by atoms with Crippen molar-refractivity contribution in [2.24, 2.45) is 5.84 Å². The van der Waals surface area contributed by atoms with E-state index in [1.165, 1.54) is 12.3 Å². The van der Waals surface area contributed by atoms with E-state index in [1.807, 2.05) is 0 Å². The first-order valence-electron chi connectivity index (χ1n) is 5.95. The maximum absolute atomic E-state index is 12.9. The Balaban J connectivity index is 2.35. The summed E-state index contributed by atoms with van der Waals surface area (Å²) in [5.41, 5.74) is 3.84. The third-order valence-corrected chi connectivity index (χ3v) is 3.12. The van der Waals surface area contributed by atoms with Crippen molar-refractivity contribution in [2.75, 3.05) is 13.7 Å². The normalized spacial score (nSPS) is 12.6. The zero-order valence-electron chi connectivity index (χ0n) is 10.9. The van der Waals surface area contributed by atoms with Crippen molar-refractivity contribution in [2.45, 2.75) is 12.6 Å². The van der Waals surface area contributed by atoms with E-state index in [0.29, 0.717) is 29.6 Å². The minimum atomic E-state index is -0.484. The molecule has 0 saturated heterocycles. The molecule has 0 saturated carbocycles. The average Bonchev–Trinajstić information content (AvgIpc) is 2.81. The van der Waals surface area contributed by atoms with Gasteiger partial charge in [0.1, 0.15) is 11.9 Å². The number of aromatic nitrogens is 3. The Labute approximate surface area is 120 Å². The number of nitrogens with one attached hydrogen (secondary N) is 1. The second-order valence-electron chi connectivity index (χ2n) is 4.09. The fraction of sp³-hybridized carbons (Fsp3) is 0.333. The summed E-state index contributed by atoms with van der Waals surface area (Å²) in [5, 5.41) is 4.63. The average molecular weight is 300 g/mol. The molecule has 0 aliphatic rings. The van der Waals surface area contributed by atoms with Crippen LogP contribution in [0.25, 0.3) is 0 Å². The molecule has 0 aliphatic heterocycles. The van der Waals surface area contributed by atoms with Gasteiger partial charge < -0.3 is 4.74 Å². The number of hydrogen-bond donors (Lipinski definition) is 2. The molecule has 2 aromatic rings. The number of hydrogen-bond acceptors (Lipinski definition) is 5. The highest BCUT2D eigenvalue weighted by molar-refractivity contribution is 6.31. The highest BCUT2D eigenvalue weighted by Crippen LogP contribution is 2.26. The molecule has 2 aromatic heterocycles. The summed E-state index contributed by atoms with van der Waals surface area (Å²) >= 11 is 6.16. The molecule has 6 nitrogen and oxygen atoms in total. The third kappa shape index (κ3) is 3.13. The largest absolute Gasteiger partial charge is 0.383 e. The van der Waals surface area contributed by atoms with Gasteiger partial charge in [0, 0.05) is 7.11 Å².